The van der Waals surface area contributed by atoms with Gasteiger partial charge in [-0.05, 0) is 44.0 Å². The van der Waals surface area contributed by atoms with Crippen LogP contribution in [0.25, 0.3) is 0 Å². The quantitative estimate of drug-likeness (QED) is 0.837. The van der Waals surface area contributed by atoms with Crippen LogP contribution in [0.2, 0.25) is 0 Å². The van der Waals surface area contributed by atoms with Crippen molar-refractivity contribution >= 4 is 0 Å². The number of halogens is 2. The molecule has 1 aromatic rings. The Kier molecular flexibility index (Phi) is 3.39. The van der Waals surface area contributed by atoms with E-state index in [-0.39, 0.29) is 11.9 Å². The Labute approximate surface area is 93.6 Å². The molecule has 16 heavy (non-hydrogen) atoms. The fourth-order valence-corrected chi connectivity index (χ4v) is 1.89. The summed E-state index contributed by atoms with van der Waals surface area (Å²) in [6.07, 6.45) is 1.67. The first-order chi connectivity index (χ1) is 7.66. The predicted molar refractivity (Wildman–Crippen MR) is 57.6 cm³/mol. The highest BCUT2D eigenvalue weighted by Crippen LogP contribution is 2.25. The Bertz CT molecular complexity index is 352. The van der Waals surface area contributed by atoms with Crippen LogP contribution in [0.1, 0.15) is 18.4 Å². The largest absolute Gasteiger partial charge is 0.483 e. The number of rotatable bonds is 2. The van der Waals surface area contributed by atoms with Crippen molar-refractivity contribution in [3.05, 3.63) is 29.3 Å². The van der Waals surface area contributed by atoms with Gasteiger partial charge in [0.15, 0.2) is 17.4 Å². The van der Waals surface area contributed by atoms with Gasteiger partial charge in [-0.3, -0.25) is 0 Å². The van der Waals surface area contributed by atoms with Gasteiger partial charge in [-0.2, -0.15) is 0 Å². The molecule has 1 fully saturated rings. The number of nitrogens with one attached hydrogen (secondary N) is 1. The Hall–Kier alpha value is -1.16. The van der Waals surface area contributed by atoms with Gasteiger partial charge in [-0.25, -0.2) is 8.78 Å². The Morgan fingerprint density at radius 3 is 2.56 bits per heavy atom. The van der Waals surface area contributed by atoms with Crippen LogP contribution in [0, 0.1) is 18.6 Å². The first-order valence-corrected chi connectivity index (χ1v) is 5.50. The van der Waals surface area contributed by atoms with Gasteiger partial charge >= 0.3 is 0 Å². The molecule has 0 radical (unpaired) electrons. The first-order valence-electron chi connectivity index (χ1n) is 5.50. The first kappa shape index (κ1) is 11.3. The Morgan fingerprint density at radius 2 is 2.00 bits per heavy atom. The second-order valence-corrected chi connectivity index (χ2v) is 4.14. The van der Waals surface area contributed by atoms with Crippen LogP contribution in [0.5, 0.6) is 5.75 Å². The number of piperidine rings is 1. The third kappa shape index (κ3) is 2.50. The summed E-state index contributed by atoms with van der Waals surface area (Å²) in [6, 6.07) is 2.57. The standard InChI is InChI=1S/C12H15F2NO/c1-8-5-10(13)12(11(14)6-8)16-9-3-2-4-15-7-9/h5-6,9,15H,2-4,7H2,1H3. The van der Waals surface area contributed by atoms with Crippen LogP contribution >= 0.6 is 0 Å². The van der Waals surface area contributed by atoms with E-state index in [1.165, 1.54) is 12.1 Å². The number of hydrogen-bond donors (Lipinski definition) is 1. The summed E-state index contributed by atoms with van der Waals surface area (Å²) >= 11 is 0. The van der Waals surface area contributed by atoms with Crippen LogP contribution < -0.4 is 10.1 Å². The van der Waals surface area contributed by atoms with E-state index in [0.29, 0.717) is 12.1 Å². The molecule has 2 nitrogen and oxygen atoms in total. The molecule has 0 amide bonds. The van der Waals surface area contributed by atoms with Crippen LogP contribution in [-0.2, 0) is 0 Å². The zero-order valence-electron chi connectivity index (χ0n) is 9.22. The lowest BCUT2D eigenvalue weighted by Crippen LogP contribution is -2.37. The second kappa shape index (κ2) is 4.78. The molecular formula is C12H15F2NO. The zero-order valence-corrected chi connectivity index (χ0v) is 9.22. The molecule has 1 heterocycles. The fraction of sp³-hybridized carbons (Fsp3) is 0.500. The fourth-order valence-electron chi connectivity index (χ4n) is 1.89. The van der Waals surface area contributed by atoms with Gasteiger partial charge in [0.2, 0.25) is 0 Å². The van der Waals surface area contributed by atoms with Gasteiger partial charge in [0.1, 0.15) is 6.10 Å². The molecule has 88 valence electrons. The minimum absolute atomic E-state index is 0.138. The van der Waals surface area contributed by atoms with E-state index in [2.05, 4.69) is 5.32 Å². The average molecular weight is 227 g/mol. The van der Waals surface area contributed by atoms with E-state index in [1.807, 2.05) is 0 Å². The van der Waals surface area contributed by atoms with Gasteiger partial charge in [-0.1, -0.05) is 0 Å². The maximum absolute atomic E-state index is 13.5. The number of ether oxygens (including phenoxy) is 1. The molecule has 1 N–H and O–H groups in total. The van der Waals surface area contributed by atoms with Crippen LogP contribution in [0.3, 0.4) is 0 Å². The summed E-state index contributed by atoms with van der Waals surface area (Å²) in [5.41, 5.74) is 0.559. The summed E-state index contributed by atoms with van der Waals surface area (Å²) in [4.78, 5) is 0. The summed E-state index contributed by atoms with van der Waals surface area (Å²) in [5.74, 6) is -1.49. The van der Waals surface area contributed by atoms with Crippen molar-refractivity contribution in [1.82, 2.24) is 5.32 Å². The molecule has 0 aromatic heterocycles. The van der Waals surface area contributed by atoms with E-state index in [4.69, 9.17) is 4.74 Å². The maximum Gasteiger partial charge on any atom is 0.191 e. The Morgan fingerprint density at radius 1 is 1.31 bits per heavy atom. The monoisotopic (exact) mass is 227 g/mol. The van der Waals surface area contributed by atoms with Crippen molar-refractivity contribution in [3.8, 4) is 5.75 Å². The average Bonchev–Trinajstić information content (AvgIpc) is 2.25. The van der Waals surface area contributed by atoms with E-state index in [9.17, 15) is 8.78 Å². The molecule has 1 aliphatic heterocycles. The number of hydrogen-bond acceptors (Lipinski definition) is 2. The van der Waals surface area contributed by atoms with Crippen molar-refractivity contribution in [2.24, 2.45) is 0 Å². The molecular weight excluding hydrogens is 212 g/mol. The number of aryl methyl sites for hydroxylation is 1. The molecule has 1 saturated heterocycles. The highest BCUT2D eigenvalue weighted by atomic mass is 19.1. The lowest BCUT2D eigenvalue weighted by Gasteiger charge is -2.24. The topological polar surface area (TPSA) is 21.3 Å². The van der Waals surface area contributed by atoms with Crippen molar-refractivity contribution in [1.29, 1.82) is 0 Å². The molecule has 1 atom stereocenters. The van der Waals surface area contributed by atoms with Crippen molar-refractivity contribution in [2.45, 2.75) is 25.9 Å². The molecule has 4 heteroatoms. The van der Waals surface area contributed by atoms with Crippen LogP contribution in [0.15, 0.2) is 12.1 Å². The normalized spacial score (nSPS) is 20.8. The van der Waals surface area contributed by atoms with Gasteiger partial charge in [-0.15, -0.1) is 0 Å². The molecule has 0 spiro atoms. The van der Waals surface area contributed by atoms with E-state index >= 15 is 0 Å². The van der Waals surface area contributed by atoms with Crippen LogP contribution in [0.4, 0.5) is 8.78 Å². The van der Waals surface area contributed by atoms with Crippen LogP contribution in [-0.4, -0.2) is 19.2 Å². The molecule has 0 saturated carbocycles. The lowest BCUT2D eigenvalue weighted by molar-refractivity contribution is 0.153. The summed E-state index contributed by atoms with van der Waals surface area (Å²) < 4.78 is 32.3. The lowest BCUT2D eigenvalue weighted by atomic mass is 10.1. The van der Waals surface area contributed by atoms with Gasteiger partial charge in [0.25, 0.3) is 0 Å². The SMILES string of the molecule is Cc1cc(F)c(OC2CCCNC2)c(F)c1. The van der Waals surface area contributed by atoms with Crippen molar-refractivity contribution < 1.29 is 13.5 Å². The Balaban J connectivity index is 2.14. The van der Waals surface area contributed by atoms with E-state index in [1.54, 1.807) is 6.92 Å². The molecule has 1 unspecified atom stereocenters. The van der Waals surface area contributed by atoms with Gasteiger partial charge < -0.3 is 10.1 Å². The molecule has 1 aliphatic rings. The number of benzene rings is 1. The molecule has 0 aliphatic carbocycles. The van der Waals surface area contributed by atoms with E-state index in [0.717, 1.165) is 19.4 Å². The minimum atomic E-state index is -0.622. The van der Waals surface area contributed by atoms with Crippen molar-refractivity contribution in [2.75, 3.05) is 13.1 Å². The van der Waals surface area contributed by atoms with Gasteiger partial charge in [0, 0.05) is 6.54 Å². The predicted octanol–water partition coefficient (Wildman–Crippen LogP) is 2.40. The smallest absolute Gasteiger partial charge is 0.191 e. The highest BCUT2D eigenvalue weighted by Gasteiger charge is 2.19. The minimum Gasteiger partial charge on any atom is -0.483 e. The maximum atomic E-state index is 13.5. The summed E-state index contributed by atoms with van der Waals surface area (Å²) in [7, 11) is 0. The van der Waals surface area contributed by atoms with Gasteiger partial charge in [0.05, 0.1) is 0 Å². The molecule has 1 aromatic carbocycles. The molecule has 0 bridgehead atoms. The third-order valence-corrected chi connectivity index (χ3v) is 2.68. The third-order valence-electron chi connectivity index (χ3n) is 2.68. The van der Waals surface area contributed by atoms with E-state index < -0.39 is 11.6 Å². The van der Waals surface area contributed by atoms with Crippen molar-refractivity contribution in [3.63, 3.8) is 0 Å². The second-order valence-electron chi connectivity index (χ2n) is 4.14. The molecule has 2 rings (SSSR count). The summed E-state index contributed by atoms with van der Waals surface area (Å²) in [5, 5.41) is 3.14. The summed E-state index contributed by atoms with van der Waals surface area (Å²) in [6.45, 7) is 3.24. The highest BCUT2D eigenvalue weighted by molar-refractivity contribution is 5.30. The zero-order chi connectivity index (χ0) is 11.5.